The maximum absolute atomic E-state index is 14.9. The van der Waals surface area contributed by atoms with Gasteiger partial charge in [0.25, 0.3) is 5.56 Å². The van der Waals surface area contributed by atoms with Gasteiger partial charge in [-0.25, -0.2) is 17.8 Å². The molecular formula is C25H24FN5O3S. The number of aryl methyl sites for hydroxylation is 2. The molecule has 180 valence electrons. The molecule has 2 aromatic carbocycles. The van der Waals surface area contributed by atoms with E-state index >= 15 is 0 Å². The number of sulfonamides is 1. The second-order valence-electron chi connectivity index (χ2n) is 8.52. The van der Waals surface area contributed by atoms with Crippen molar-refractivity contribution in [3.05, 3.63) is 82.2 Å². The number of nitrogens with zero attached hydrogens (tertiary/aromatic N) is 3. The van der Waals surface area contributed by atoms with Gasteiger partial charge in [-0.1, -0.05) is 18.2 Å². The summed E-state index contributed by atoms with van der Waals surface area (Å²) in [5.74, 6) is 0.0757. The summed E-state index contributed by atoms with van der Waals surface area (Å²) >= 11 is 0. The Hall–Kier alpha value is -3.92. The Labute approximate surface area is 201 Å². The summed E-state index contributed by atoms with van der Waals surface area (Å²) in [6, 6.07) is 12.1. The van der Waals surface area contributed by atoms with E-state index < -0.39 is 10.0 Å². The number of anilines is 1. The van der Waals surface area contributed by atoms with Crippen LogP contribution in [-0.4, -0.2) is 33.3 Å². The summed E-state index contributed by atoms with van der Waals surface area (Å²) in [4.78, 5) is 20.0. The Morgan fingerprint density at radius 1 is 1.17 bits per heavy atom. The molecule has 3 heterocycles. The van der Waals surface area contributed by atoms with Crippen LogP contribution in [0.2, 0.25) is 0 Å². The molecule has 35 heavy (non-hydrogen) atoms. The highest BCUT2D eigenvalue weighted by atomic mass is 32.2. The van der Waals surface area contributed by atoms with Crippen molar-refractivity contribution in [3.8, 4) is 11.4 Å². The Balaban J connectivity index is 1.80. The summed E-state index contributed by atoms with van der Waals surface area (Å²) in [7, 11) is -1.78. The Bertz CT molecular complexity index is 1770. The fraction of sp³-hybridized carbons (Fsp3) is 0.200. The van der Waals surface area contributed by atoms with Gasteiger partial charge in [0.1, 0.15) is 22.7 Å². The Kier molecular flexibility index (Phi) is 5.47. The quantitative estimate of drug-likeness (QED) is 0.371. The van der Waals surface area contributed by atoms with Crippen LogP contribution in [0.5, 0.6) is 0 Å². The fourth-order valence-corrected chi connectivity index (χ4v) is 4.97. The van der Waals surface area contributed by atoms with Crippen LogP contribution in [0, 0.1) is 12.7 Å². The SMILES string of the molecule is CCS(=O)(=O)Nc1cccc2c1nc(-c1cn(C)c3c(=O)[nH]ccc13)n2Cc1ccc(C)cc1F. The van der Waals surface area contributed by atoms with Gasteiger partial charge >= 0.3 is 0 Å². The van der Waals surface area contributed by atoms with Gasteiger partial charge in [-0.2, -0.15) is 0 Å². The lowest BCUT2D eigenvalue weighted by Crippen LogP contribution is -2.14. The third kappa shape index (κ3) is 3.99. The van der Waals surface area contributed by atoms with Crippen LogP contribution in [0.4, 0.5) is 10.1 Å². The van der Waals surface area contributed by atoms with Crippen LogP contribution in [0.1, 0.15) is 18.1 Å². The van der Waals surface area contributed by atoms with Crippen molar-refractivity contribution in [2.45, 2.75) is 20.4 Å². The Morgan fingerprint density at radius 3 is 2.71 bits per heavy atom. The minimum atomic E-state index is -3.55. The van der Waals surface area contributed by atoms with Crippen molar-refractivity contribution in [2.24, 2.45) is 7.05 Å². The van der Waals surface area contributed by atoms with Crippen LogP contribution >= 0.6 is 0 Å². The number of aromatic amines is 1. The van der Waals surface area contributed by atoms with Gasteiger partial charge in [0.15, 0.2) is 0 Å². The van der Waals surface area contributed by atoms with Crippen LogP contribution in [-0.2, 0) is 23.6 Å². The lowest BCUT2D eigenvalue weighted by atomic mass is 10.1. The summed E-state index contributed by atoms with van der Waals surface area (Å²) < 4.78 is 45.7. The van der Waals surface area contributed by atoms with Gasteiger partial charge in [-0.3, -0.25) is 9.52 Å². The van der Waals surface area contributed by atoms with Gasteiger partial charge < -0.3 is 14.1 Å². The van der Waals surface area contributed by atoms with Crippen molar-refractivity contribution in [1.29, 1.82) is 0 Å². The van der Waals surface area contributed by atoms with Crippen molar-refractivity contribution in [3.63, 3.8) is 0 Å². The molecule has 0 amide bonds. The number of hydrogen-bond donors (Lipinski definition) is 2. The molecule has 3 aromatic heterocycles. The van der Waals surface area contributed by atoms with E-state index in [4.69, 9.17) is 4.98 Å². The molecule has 8 nitrogen and oxygen atoms in total. The molecule has 0 bridgehead atoms. The molecule has 0 saturated carbocycles. The third-order valence-corrected chi connectivity index (χ3v) is 7.39. The largest absolute Gasteiger partial charge is 0.345 e. The minimum Gasteiger partial charge on any atom is -0.345 e. The minimum absolute atomic E-state index is 0.0857. The number of hydrogen-bond acceptors (Lipinski definition) is 4. The number of imidazole rings is 1. The number of benzene rings is 2. The second-order valence-corrected chi connectivity index (χ2v) is 10.5. The van der Waals surface area contributed by atoms with Crippen LogP contribution in [0.25, 0.3) is 33.3 Å². The second kappa shape index (κ2) is 8.38. The molecule has 10 heteroatoms. The first-order valence-corrected chi connectivity index (χ1v) is 12.8. The van der Waals surface area contributed by atoms with Crippen LogP contribution in [0.15, 0.2) is 59.7 Å². The van der Waals surface area contributed by atoms with E-state index in [-0.39, 0.29) is 23.7 Å². The zero-order valence-corrected chi connectivity index (χ0v) is 20.3. The fourth-order valence-electron chi connectivity index (χ4n) is 4.33. The molecule has 0 unspecified atom stereocenters. The van der Waals surface area contributed by atoms with Gasteiger partial charge in [-0.05, 0) is 43.7 Å². The zero-order chi connectivity index (χ0) is 24.9. The van der Waals surface area contributed by atoms with Crippen molar-refractivity contribution >= 4 is 37.6 Å². The first kappa shape index (κ1) is 22.9. The van der Waals surface area contributed by atoms with Crippen LogP contribution < -0.4 is 10.3 Å². The molecule has 0 fully saturated rings. The molecule has 0 aliphatic heterocycles. The lowest BCUT2D eigenvalue weighted by molar-refractivity contribution is 0.601. The number of para-hydroxylation sites is 1. The van der Waals surface area contributed by atoms with Crippen LogP contribution in [0.3, 0.4) is 0 Å². The molecule has 5 aromatic rings. The number of rotatable bonds is 6. The maximum Gasteiger partial charge on any atom is 0.272 e. The van der Waals surface area contributed by atoms with Crippen molar-refractivity contribution in [1.82, 2.24) is 19.1 Å². The third-order valence-electron chi connectivity index (χ3n) is 6.10. The number of nitrogens with one attached hydrogen (secondary N) is 2. The molecular weight excluding hydrogens is 469 g/mol. The highest BCUT2D eigenvalue weighted by Gasteiger charge is 2.22. The lowest BCUT2D eigenvalue weighted by Gasteiger charge is -2.11. The molecule has 0 aliphatic rings. The standard InChI is InChI=1S/C25H24FN5O3S/c1-4-35(33,34)29-20-6-5-7-21-22(20)28-24(31(21)13-16-9-8-15(2)12-19(16)26)18-14-30(3)23-17(18)10-11-27-25(23)32/h5-12,14,29H,4,13H2,1-3H3,(H,27,32). The van der Waals surface area contributed by atoms with E-state index in [2.05, 4.69) is 9.71 Å². The topological polar surface area (TPSA) is 102 Å². The predicted octanol–water partition coefficient (Wildman–Crippen LogP) is 4.14. The molecule has 0 atom stereocenters. The number of halogens is 1. The smallest absolute Gasteiger partial charge is 0.272 e. The molecule has 0 aliphatic carbocycles. The molecule has 0 radical (unpaired) electrons. The van der Waals surface area contributed by atoms with E-state index in [1.54, 1.807) is 55.2 Å². The highest BCUT2D eigenvalue weighted by Crippen LogP contribution is 2.34. The van der Waals surface area contributed by atoms with E-state index in [0.29, 0.717) is 44.6 Å². The normalized spacial score (nSPS) is 12.0. The summed E-state index contributed by atoms with van der Waals surface area (Å²) in [5, 5.41) is 0.688. The molecule has 5 rings (SSSR count). The first-order chi connectivity index (χ1) is 16.7. The maximum atomic E-state index is 14.9. The molecule has 0 saturated heterocycles. The van der Waals surface area contributed by atoms with Crippen molar-refractivity contribution < 1.29 is 12.8 Å². The van der Waals surface area contributed by atoms with Gasteiger partial charge in [0, 0.05) is 36.0 Å². The summed E-state index contributed by atoms with van der Waals surface area (Å²) in [5.41, 5.74) is 3.62. The Morgan fingerprint density at radius 2 is 1.97 bits per heavy atom. The summed E-state index contributed by atoms with van der Waals surface area (Å²) in [6.45, 7) is 3.55. The van der Waals surface area contributed by atoms with Gasteiger partial charge in [0.05, 0.1) is 23.5 Å². The first-order valence-electron chi connectivity index (χ1n) is 11.1. The van der Waals surface area contributed by atoms with E-state index in [1.165, 1.54) is 6.07 Å². The predicted molar refractivity (Wildman–Crippen MR) is 136 cm³/mol. The zero-order valence-electron chi connectivity index (χ0n) is 19.5. The summed E-state index contributed by atoms with van der Waals surface area (Å²) in [6.07, 6.45) is 3.38. The molecule has 0 spiro atoms. The number of H-pyrrole nitrogens is 1. The average molecular weight is 494 g/mol. The monoisotopic (exact) mass is 493 g/mol. The highest BCUT2D eigenvalue weighted by molar-refractivity contribution is 7.92. The van der Waals surface area contributed by atoms with Gasteiger partial charge in [0.2, 0.25) is 10.0 Å². The number of aromatic nitrogens is 4. The average Bonchev–Trinajstić information content (AvgIpc) is 3.34. The van der Waals surface area contributed by atoms with Gasteiger partial charge in [-0.15, -0.1) is 0 Å². The number of pyridine rings is 1. The van der Waals surface area contributed by atoms with Crippen molar-refractivity contribution in [2.75, 3.05) is 10.5 Å². The van der Waals surface area contributed by atoms with E-state index in [1.807, 2.05) is 23.6 Å². The van der Waals surface area contributed by atoms with E-state index in [0.717, 1.165) is 5.56 Å². The van der Waals surface area contributed by atoms with E-state index in [9.17, 15) is 17.6 Å². The molecule has 2 N–H and O–H groups in total. The number of fused-ring (bicyclic) bond motifs is 2.